The molecular weight excluding hydrogens is 232 g/mol. The Labute approximate surface area is 107 Å². The molecule has 0 aliphatic heterocycles. The second-order valence-electron chi connectivity index (χ2n) is 4.57. The second kappa shape index (κ2) is 6.70. The zero-order valence-electron chi connectivity index (χ0n) is 11.1. The number of aromatic nitrogens is 2. The zero-order valence-corrected chi connectivity index (χ0v) is 11.1. The highest BCUT2D eigenvalue weighted by Gasteiger charge is 2.30. The summed E-state index contributed by atoms with van der Waals surface area (Å²) < 4.78 is 11.0. The summed E-state index contributed by atoms with van der Waals surface area (Å²) in [5.74, 6) is 0.631. The molecule has 0 spiro atoms. The summed E-state index contributed by atoms with van der Waals surface area (Å²) in [5.41, 5.74) is 0. The first-order chi connectivity index (χ1) is 8.81. The lowest BCUT2D eigenvalue weighted by Gasteiger charge is -2.34. The minimum atomic E-state index is 0.390. The molecule has 0 atom stereocenters. The molecule has 2 rings (SSSR count). The Hall–Kier alpha value is -1.14. The molecule has 6 nitrogen and oxygen atoms in total. The lowest BCUT2D eigenvalue weighted by atomic mass is 9.89. The normalized spacial score (nSPS) is 22.8. The first-order valence-corrected chi connectivity index (χ1v) is 6.73. The van der Waals surface area contributed by atoms with Gasteiger partial charge in [-0.05, 0) is 32.7 Å². The summed E-state index contributed by atoms with van der Waals surface area (Å²) in [4.78, 5) is 0. The topological polar surface area (TPSA) is 72.2 Å². The predicted octanol–water partition coefficient (Wildman–Crippen LogP) is 1.55. The monoisotopic (exact) mass is 254 g/mol. The van der Waals surface area contributed by atoms with Gasteiger partial charge in [0.1, 0.15) is 0 Å². The van der Waals surface area contributed by atoms with Crippen LogP contribution in [-0.4, -0.2) is 35.5 Å². The summed E-state index contributed by atoms with van der Waals surface area (Å²) in [6.45, 7) is 6.53. The molecule has 0 aromatic carbocycles. The second-order valence-corrected chi connectivity index (χ2v) is 4.57. The van der Waals surface area contributed by atoms with Gasteiger partial charge in [-0.25, -0.2) is 0 Å². The maximum absolute atomic E-state index is 5.50. The highest BCUT2D eigenvalue weighted by atomic mass is 16.5. The minimum absolute atomic E-state index is 0.390. The zero-order chi connectivity index (χ0) is 12.8. The number of nitrogens with zero attached hydrogens (tertiary/aromatic N) is 2. The van der Waals surface area contributed by atoms with Gasteiger partial charge in [-0.15, -0.1) is 5.10 Å². The SMILES string of the molecule is CCCNCc1nnc(NC2CC(OCC)C2)o1. The van der Waals surface area contributed by atoms with Crippen LogP contribution in [-0.2, 0) is 11.3 Å². The Morgan fingerprint density at radius 3 is 2.89 bits per heavy atom. The van der Waals surface area contributed by atoms with Crippen molar-refractivity contribution in [1.29, 1.82) is 0 Å². The van der Waals surface area contributed by atoms with E-state index >= 15 is 0 Å². The molecule has 0 unspecified atom stereocenters. The van der Waals surface area contributed by atoms with E-state index < -0.39 is 0 Å². The molecule has 1 saturated carbocycles. The number of hydrogen-bond acceptors (Lipinski definition) is 6. The highest BCUT2D eigenvalue weighted by molar-refractivity contribution is 5.21. The van der Waals surface area contributed by atoms with E-state index in [0.717, 1.165) is 32.4 Å². The maximum atomic E-state index is 5.50. The van der Waals surface area contributed by atoms with Crippen molar-refractivity contribution in [3.8, 4) is 0 Å². The number of hydrogen-bond donors (Lipinski definition) is 2. The molecule has 102 valence electrons. The van der Waals surface area contributed by atoms with Crippen LogP contribution in [0.3, 0.4) is 0 Å². The fourth-order valence-electron chi connectivity index (χ4n) is 1.99. The number of rotatable bonds is 8. The van der Waals surface area contributed by atoms with E-state index in [1.54, 1.807) is 0 Å². The smallest absolute Gasteiger partial charge is 0.315 e. The first-order valence-electron chi connectivity index (χ1n) is 6.73. The third kappa shape index (κ3) is 3.68. The van der Waals surface area contributed by atoms with Crippen LogP contribution in [0.4, 0.5) is 6.01 Å². The van der Waals surface area contributed by atoms with Gasteiger partial charge in [0.05, 0.1) is 12.6 Å². The van der Waals surface area contributed by atoms with Crippen molar-refractivity contribution in [1.82, 2.24) is 15.5 Å². The Morgan fingerprint density at radius 1 is 1.33 bits per heavy atom. The Kier molecular flexibility index (Phi) is 4.95. The van der Waals surface area contributed by atoms with Gasteiger partial charge in [-0.2, -0.15) is 0 Å². The quantitative estimate of drug-likeness (QED) is 0.686. The van der Waals surface area contributed by atoms with Crippen LogP contribution in [0.5, 0.6) is 0 Å². The summed E-state index contributed by atoms with van der Waals surface area (Å²) in [6.07, 6.45) is 3.51. The molecule has 1 aliphatic carbocycles. The fraction of sp³-hybridized carbons (Fsp3) is 0.833. The van der Waals surface area contributed by atoms with Crippen molar-refractivity contribution in [3.05, 3.63) is 5.89 Å². The average molecular weight is 254 g/mol. The predicted molar refractivity (Wildman–Crippen MR) is 68.4 cm³/mol. The molecule has 18 heavy (non-hydrogen) atoms. The molecule has 1 aromatic rings. The number of nitrogens with one attached hydrogen (secondary N) is 2. The molecule has 0 bridgehead atoms. The molecule has 6 heteroatoms. The summed E-state index contributed by atoms with van der Waals surface area (Å²) in [6, 6.07) is 0.918. The molecule has 1 aromatic heterocycles. The van der Waals surface area contributed by atoms with Gasteiger partial charge in [-0.3, -0.25) is 0 Å². The van der Waals surface area contributed by atoms with E-state index in [2.05, 4.69) is 27.8 Å². The number of anilines is 1. The molecule has 0 amide bonds. The van der Waals surface area contributed by atoms with Crippen molar-refractivity contribution < 1.29 is 9.15 Å². The van der Waals surface area contributed by atoms with Crippen LogP contribution in [0.2, 0.25) is 0 Å². The van der Waals surface area contributed by atoms with Gasteiger partial charge in [0.25, 0.3) is 0 Å². The summed E-state index contributed by atoms with van der Waals surface area (Å²) in [7, 11) is 0. The van der Waals surface area contributed by atoms with E-state index in [4.69, 9.17) is 9.15 Å². The summed E-state index contributed by atoms with van der Waals surface area (Å²) in [5, 5.41) is 14.4. The van der Waals surface area contributed by atoms with Crippen LogP contribution in [0, 0.1) is 0 Å². The van der Waals surface area contributed by atoms with Crippen molar-refractivity contribution in [3.63, 3.8) is 0 Å². The minimum Gasteiger partial charge on any atom is -0.407 e. The first kappa shape index (κ1) is 13.3. The van der Waals surface area contributed by atoms with Crippen LogP contribution >= 0.6 is 0 Å². The van der Waals surface area contributed by atoms with Crippen molar-refractivity contribution in [2.24, 2.45) is 0 Å². The van der Waals surface area contributed by atoms with E-state index in [9.17, 15) is 0 Å². The molecule has 0 saturated heterocycles. The third-order valence-corrected chi connectivity index (χ3v) is 2.99. The van der Waals surface area contributed by atoms with Crippen molar-refractivity contribution in [2.75, 3.05) is 18.5 Å². The van der Waals surface area contributed by atoms with E-state index in [-0.39, 0.29) is 0 Å². The lowest BCUT2D eigenvalue weighted by Crippen LogP contribution is -2.40. The van der Waals surface area contributed by atoms with Crippen LogP contribution < -0.4 is 10.6 Å². The van der Waals surface area contributed by atoms with Gasteiger partial charge >= 0.3 is 6.01 Å². The fourth-order valence-corrected chi connectivity index (χ4v) is 1.99. The molecule has 0 radical (unpaired) electrons. The molecular formula is C12H22N4O2. The Balaban J connectivity index is 1.68. The van der Waals surface area contributed by atoms with Gasteiger partial charge < -0.3 is 19.8 Å². The van der Waals surface area contributed by atoms with E-state index in [0.29, 0.717) is 30.6 Å². The standard InChI is InChI=1S/C12H22N4O2/c1-3-5-13-8-11-15-16-12(18-11)14-9-6-10(7-9)17-4-2/h9-10,13H,3-8H2,1-2H3,(H,14,16). The van der Waals surface area contributed by atoms with Crippen LogP contribution in [0.25, 0.3) is 0 Å². The van der Waals surface area contributed by atoms with Crippen molar-refractivity contribution in [2.45, 2.75) is 51.8 Å². The van der Waals surface area contributed by atoms with Crippen molar-refractivity contribution >= 4 is 6.01 Å². The largest absolute Gasteiger partial charge is 0.407 e. The maximum Gasteiger partial charge on any atom is 0.315 e. The summed E-state index contributed by atoms with van der Waals surface area (Å²) >= 11 is 0. The Morgan fingerprint density at radius 2 is 2.17 bits per heavy atom. The number of ether oxygens (including phenoxy) is 1. The lowest BCUT2D eigenvalue weighted by molar-refractivity contribution is 0.00255. The van der Waals surface area contributed by atoms with Gasteiger partial charge in [0, 0.05) is 12.6 Å². The molecule has 1 aliphatic rings. The molecule has 2 N–H and O–H groups in total. The Bertz CT molecular complexity index is 350. The third-order valence-electron chi connectivity index (χ3n) is 2.99. The van der Waals surface area contributed by atoms with Crippen LogP contribution in [0.1, 0.15) is 39.0 Å². The van der Waals surface area contributed by atoms with E-state index in [1.165, 1.54) is 0 Å². The average Bonchev–Trinajstić information content (AvgIpc) is 2.75. The van der Waals surface area contributed by atoms with Gasteiger partial charge in [-0.1, -0.05) is 12.0 Å². The highest BCUT2D eigenvalue weighted by Crippen LogP contribution is 2.26. The molecule has 1 fully saturated rings. The van der Waals surface area contributed by atoms with E-state index in [1.807, 2.05) is 6.92 Å². The van der Waals surface area contributed by atoms with Crippen LogP contribution in [0.15, 0.2) is 4.42 Å². The van der Waals surface area contributed by atoms with Gasteiger partial charge in [0.2, 0.25) is 5.89 Å². The molecule has 1 heterocycles. The van der Waals surface area contributed by atoms with Gasteiger partial charge in [0.15, 0.2) is 0 Å².